The summed E-state index contributed by atoms with van der Waals surface area (Å²) in [6.45, 7) is 19.7. The first-order chi connectivity index (χ1) is 19.6. The molecule has 0 aliphatic heterocycles. The SMILES string of the molecule is CC(C)[Si](C#CC(=O)N(c1ccc(OCC2CC2)c(Cl)c1)C(C(=O)Nc1ccccc1N)C(C)(C)C)(C(C)C)C(C)C. The second-order valence-electron chi connectivity index (χ2n) is 13.5. The monoisotopic (exact) mass is 609 g/mol. The second-order valence-corrected chi connectivity index (χ2v) is 19.5. The average molecular weight is 610 g/mol. The highest BCUT2D eigenvalue weighted by Gasteiger charge is 2.43. The average Bonchev–Trinajstić information content (AvgIpc) is 3.71. The summed E-state index contributed by atoms with van der Waals surface area (Å²) >= 11 is 6.70. The van der Waals surface area contributed by atoms with E-state index < -0.39 is 25.4 Å². The minimum Gasteiger partial charge on any atom is -0.492 e. The Morgan fingerprint density at radius 2 is 1.64 bits per heavy atom. The van der Waals surface area contributed by atoms with E-state index in [1.807, 2.05) is 20.8 Å². The minimum absolute atomic E-state index is 0.353. The van der Waals surface area contributed by atoms with Crippen LogP contribution in [0.4, 0.5) is 17.1 Å². The van der Waals surface area contributed by atoms with E-state index >= 15 is 0 Å². The minimum atomic E-state index is -2.22. The molecule has 0 spiro atoms. The van der Waals surface area contributed by atoms with Crippen molar-refractivity contribution < 1.29 is 14.3 Å². The fraction of sp³-hybridized carbons (Fsp3) is 0.529. The molecule has 0 saturated heterocycles. The molecule has 0 aromatic heterocycles. The number of rotatable bonds is 10. The third kappa shape index (κ3) is 7.70. The van der Waals surface area contributed by atoms with Crippen LogP contribution in [0.25, 0.3) is 0 Å². The number of ether oxygens (including phenoxy) is 1. The summed E-state index contributed by atoms with van der Waals surface area (Å²) in [5.74, 6) is 3.38. The van der Waals surface area contributed by atoms with E-state index in [4.69, 9.17) is 22.1 Å². The van der Waals surface area contributed by atoms with Gasteiger partial charge in [-0.25, -0.2) is 0 Å². The van der Waals surface area contributed by atoms with Crippen LogP contribution in [0.15, 0.2) is 42.5 Å². The van der Waals surface area contributed by atoms with Gasteiger partial charge in [0, 0.05) is 5.69 Å². The highest BCUT2D eigenvalue weighted by atomic mass is 35.5. The first-order valence-corrected chi connectivity index (χ1v) is 17.6. The van der Waals surface area contributed by atoms with Gasteiger partial charge in [-0.15, -0.1) is 5.54 Å². The number of para-hydroxylation sites is 2. The number of benzene rings is 2. The van der Waals surface area contributed by atoms with Gasteiger partial charge < -0.3 is 15.8 Å². The van der Waals surface area contributed by atoms with Crippen molar-refractivity contribution in [2.24, 2.45) is 11.3 Å². The van der Waals surface area contributed by atoms with Gasteiger partial charge in [0.1, 0.15) is 19.9 Å². The van der Waals surface area contributed by atoms with Gasteiger partial charge >= 0.3 is 5.91 Å². The van der Waals surface area contributed by atoms with Crippen LogP contribution in [0.3, 0.4) is 0 Å². The number of carbonyl (C=O) groups excluding carboxylic acids is 2. The normalized spacial score (nSPS) is 14.4. The summed E-state index contributed by atoms with van der Waals surface area (Å²) in [7, 11) is -2.22. The number of nitrogens with two attached hydrogens (primary N) is 1. The summed E-state index contributed by atoms with van der Waals surface area (Å²) in [6, 6.07) is 11.4. The summed E-state index contributed by atoms with van der Waals surface area (Å²) < 4.78 is 5.94. The highest BCUT2D eigenvalue weighted by Crippen LogP contribution is 2.41. The van der Waals surface area contributed by atoms with E-state index in [9.17, 15) is 9.59 Å². The number of halogens is 1. The van der Waals surface area contributed by atoms with Gasteiger partial charge in [-0.05, 0) is 77.1 Å². The van der Waals surface area contributed by atoms with Crippen molar-refractivity contribution >= 4 is 48.6 Å². The molecule has 1 fully saturated rings. The van der Waals surface area contributed by atoms with Crippen LogP contribution >= 0.6 is 11.6 Å². The van der Waals surface area contributed by atoms with Crippen molar-refractivity contribution in [1.82, 2.24) is 0 Å². The van der Waals surface area contributed by atoms with Gasteiger partial charge in [0.25, 0.3) is 0 Å². The Kier molecular flexibility index (Phi) is 10.8. The van der Waals surface area contributed by atoms with Crippen molar-refractivity contribution in [2.45, 2.75) is 97.8 Å². The number of hydrogen-bond acceptors (Lipinski definition) is 4. The van der Waals surface area contributed by atoms with Crippen LogP contribution in [-0.4, -0.2) is 32.5 Å². The molecular formula is C34H48ClN3O3Si. The molecule has 2 aromatic carbocycles. The first-order valence-electron chi connectivity index (χ1n) is 15.0. The number of amides is 2. The van der Waals surface area contributed by atoms with Crippen molar-refractivity contribution in [2.75, 3.05) is 22.6 Å². The Morgan fingerprint density at radius 1 is 1.05 bits per heavy atom. The summed E-state index contributed by atoms with van der Waals surface area (Å²) in [4.78, 5) is 29.8. The molecule has 0 heterocycles. The van der Waals surface area contributed by atoms with Crippen molar-refractivity contribution in [3.8, 4) is 17.2 Å². The van der Waals surface area contributed by atoms with Gasteiger partial charge in [-0.1, -0.05) is 86.0 Å². The lowest BCUT2D eigenvalue weighted by atomic mass is 9.84. The standard InChI is InChI=1S/C34H48ClN3O3Si/c1-22(2)42(23(3)4,24(5)6)19-18-31(39)38(26-16-17-30(27(35)20-26)41-21-25-14-15-25)32(34(7,8)9)33(40)37-29-13-11-10-12-28(29)36/h10-13,16-17,20,22-25,32H,14-15,21,36H2,1-9H3,(H,37,40). The highest BCUT2D eigenvalue weighted by molar-refractivity contribution is 6.90. The van der Waals surface area contributed by atoms with Gasteiger partial charge in [0.2, 0.25) is 5.91 Å². The molecule has 3 N–H and O–H groups in total. The number of nitrogens with zero attached hydrogens (tertiary/aromatic N) is 1. The van der Waals surface area contributed by atoms with Crippen LogP contribution in [-0.2, 0) is 9.59 Å². The van der Waals surface area contributed by atoms with E-state index in [0.717, 1.165) is 0 Å². The van der Waals surface area contributed by atoms with E-state index in [1.165, 1.54) is 17.7 Å². The fourth-order valence-electron chi connectivity index (χ4n) is 6.00. The Labute approximate surface area is 258 Å². The second kappa shape index (κ2) is 13.6. The summed E-state index contributed by atoms with van der Waals surface area (Å²) in [5.41, 5.74) is 11.5. The fourth-order valence-corrected chi connectivity index (χ4v) is 11.4. The van der Waals surface area contributed by atoms with Crippen LogP contribution in [0, 0.1) is 22.8 Å². The molecule has 0 bridgehead atoms. The Bertz CT molecular complexity index is 1310. The lowest BCUT2D eigenvalue weighted by molar-refractivity contribution is -0.123. The molecule has 228 valence electrons. The summed E-state index contributed by atoms with van der Waals surface area (Å²) in [6.07, 6.45) is 2.33. The smallest absolute Gasteiger partial charge is 0.303 e. The number of nitrogens with one attached hydrogen (secondary N) is 1. The molecule has 1 saturated carbocycles. The maximum absolute atomic E-state index is 14.3. The van der Waals surface area contributed by atoms with Crippen molar-refractivity contribution in [3.05, 3.63) is 47.5 Å². The third-order valence-corrected chi connectivity index (χ3v) is 15.0. The zero-order valence-electron chi connectivity index (χ0n) is 26.7. The van der Waals surface area contributed by atoms with Gasteiger partial charge in [0.05, 0.1) is 23.0 Å². The van der Waals surface area contributed by atoms with E-state index in [0.29, 0.717) is 57.0 Å². The van der Waals surface area contributed by atoms with E-state index in [-0.39, 0.29) is 5.91 Å². The molecule has 1 unspecified atom stereocenters. The molecule has 1 aliphatic rings. The zero-order chi connectivity index (χ0) is 31.4. The lowest BCUT2D eigenvalue weighted by Gasteiger charge is -2.39. The summed E-state index contributed by atoms with van der Waals surface area (Å²) in [5, 5.41) is 3.34. The van der Waals surface area contributed by atoms with Crippen LogP contribution in [0.1, 0.15) is 75.2 Å². The molecule has 6 nitrogen and oxygen atoms in total. The predicted molar refractivity (Wildman–Crippen MR) is 179 cm³/mol. The molecule has 3 rings (SSSR count). The topological polar surface area (TPSA) is 84.7 Å². The molecule has 1 atom stereocenters. The zero-order valence-corrected chi connectivity index (χ0v) is 28.4. The molecular weight excluding hydrogens is 562 g/mol. The number of anilines is 3. The molecule has 0 radical (unpaired) electrons. The predicted octanol–water partition coefficient (Wildman–Crippen LogP) is 8.32. The molecule has 2 amide bonds. The van der Waals surface area contributed by atoms with Crippen molar-refractivity contribution in [3.63, 3.8) is 0 Å². The van der Waals surface area contributed by atoms with Gasteiger partial charge in [-0.2, -0.15) is 0 Å². The lowest BCUT2D eigenvalue weighted by Crippen LogP contribution is -2.54. The van der Waals surface area contributed by atoms with E-state index in [2.05, 4.69) is 58.3 Å². The third-order valence-electron chi connectivity index (χ3n) is 8.38. The van der Waals surface area contributed by atoms with E-state index in [1.54, 1.807) is 42.5 Å². The van der Waals surface area contributed by atoms with Gasteiger partial charge in [-0.3, -0.25) is 14.5 Å². The van der Waals surface area contributed by atoms with Crippen LogP contribution in [0.5, 0.6) is 5.75 Å². The number of carbonyl (C=O) groups is 2. The quantitative estimate of drug-likeness (QED) is 0.161. The Morgan fingerprint density at radius 3 is 2.14 bits per heavy atom. The van der Waals surface area contributed by atoms with Crippen LogP contribution < -0.4 is 20.7 Å². The first kappa shape index (κ1) is 33.5. The Hall–Kier alpha value is -2.95. The van der Waals surface area contributed by atoms with Crippen LogP contribution in [0.2, 0.25) is 21.6 Å². The number of nitrogen functional groups attached to an aromatic ring is 1. The molecule has 2 aromatic rings. The van der Waals surface area contributed by atoms with Gasteiger partial charge in [0.15, 0.2) is 0 Å². The molecule has 8 heteroatoms. The Balaban J connectivity index is 2.14. The maximum Gasteiger partial charge on any atom is 0.303 e. The molecule has 1 aliphatic carbocycles. The molecule has 42 heavy (non-hydrogen) atoms. The number of hydrogen-bond donors (Lipinski definition) is 2. The van der Waals surface area contributed by atoms with Crippen molar-refractivity contribution in [1.29, 1.82) is 0 Å². The maximum atomic E-state index is 14.3. The largest absolute Gasteiger partial charge is 0.492 e.